The van der Waals surface area contributed by atoms with Crippen molar-refractivity contribution in [2.45, 2.75) is 6.92 Å². The Balaban J connectivity index is 2.53. The van der Waals surface area contributed by atoms with Crippen molar-refractivity contribution >= 4 is 0 Å². The number of ether oxygens (including phenoxy) is 2. The van der Waals surface area contributed by atoms with Gasteiger partial charge in [-0.05, 0) is 14.0 Å². The van der Waals surface area contributed by atoms with E-state index < -0.39 is 0 Å². The SMILES string of the molecule is CCOCOCNC. The second kappa shape index (κ2) is 6.88. The average Bonchev–Trinajstić information content (AvgIpc) is 1.81. The minimum atomic E-state index is 0.386. The Bertz CT molecular complexity index is 35.4. The van der Waals surface area contributed by atoms with Gasteiger partial charge in [0.2, 0.25) is 0 Å². The third-order valence-corrected chi connectivity index (χ3v) is 0.617. The summed E-state index contributed by atoms with van der Waals surface area (Å²) in [5, 5.41) is 2.82. The molecule has 0 amide bonds. The van der Waals surface area contributed by atoms with E-state index in [1.54, 1.807) is 0 Å². The predicted octanol–water partition coefficient (Wildman–Crippen LogP) is 0.174. The molecule has 0 aliphatic rings. The molecule has 0 aromatic rings. The first-order valence-electron chi connectivity index (χ1n) is 2.72. The third kappa shape index (κ3) is 5.88. The highest BCUT2D eigenvalue weighted by molar-refractivity contribution is 4.13. The van der Waals surface area contributed by atoms with Crippen molar-refractivity contribution in [1.29, 1.82) is 0 Å². The minimum Gasteiger partial charge on any atom is -0.356 e. The number of rotatable bonds is 5. The van der Waals surface area contributed by atoms with E-state index in [4.69, 9.17) is 9.47 Å². The molecule has 1 N–H and O–H groups in total. The van der Waals surface area contributed by atoms with Gasteiger partial charge in [-0.25, -0.2) is 0 Å². The summed E-state index contributed by atoms with van der Waals surface area (Å²) < 4.78 is 9.76. The summed E-state index contributed by atoms with van der Waals surface area (Å²) in [6, 6.07) is 0. The van der Waals surface area contributed by atoms with Gasteiger partial charge in [-0.1, -0.05) is 0 Å². The molecule has 0 bridgehead atoms. The molecule has 0 unspecified atom stereocenters. The van der Waals surface area contributed by atoms with Crippen molar-refractivity contribution < 1.29 is 9.47 Å². The smallest absolute Gasteiger partial charge is 0.148 e. The van der Waals surface area contributed by atoms with Crippen molar-refractivity contribution in [1.82, 2.24) is 5.32 Å². The highest BCUT2D eigenvalue weighted by Crippen LogP contribution is 1.72. The van der Waals surface area contributed by atoms with Crippen molar-refractivity contribution in [3.05, 3.63) is 0 Å². The maximum absolute atomic E-state index is 4.89. The molecule has 0 fully saturated rings. The molecule has 0 aliphatic heterocycles. The van der Waals surface area contributed by atoms with E-state index in [0.717, 1.165) is 0 Å². The molecule has 0 heterocycles. The molecule has 8 heavy (non-hydrogen) atoms. The summed E-state index contributed by atoms with van der Waals surface area (Å²) >= 11 is 0. The van der Waals surface area contributed by atoms with Gasteiger partial charge >= 0.3 is 0 Å². The van der Waals surface area contributed by atoms with E-state index in [9.17, 15) is 0 Å². The Morgan fingerprint density at radius 2 is 2.12 bits per heavy atom. The lowest BCUT2D eigenvalue weighted by molar-refractivity contribution is -0.0536. The van der Waals surface area contributed by atoms with Crippen LogP contribution in [0.25, 0.3) is 0 Å². The highest BCUT2D eigenvalue weighted by atomic mass is 16.7. The zero-order valence-corrected chi connectivity index (χ0v) is 5.44. The molecule has 0 aromatic heterocycles. The van der Waals surface area contributed by atoms with Crippen LogP contribution >= 0.6 is 0 Å². The lowest BCUT2D eigenvalue weighted by atomic mass is 10.9. The van der Waals surface area contributed by atoms with Crippen molar-refractivity contribution in [2.75, 3.05) is 27.2 Å². The normalized spacial score (nSPS) is 9.75. The molecule has 0 radical (unpaired) electrons. The summed E-state index contributed by atoms with van der Waals surface area (Å²) in [6.45, 7) is 3.59. The fourth-order valence-corrected chi connectivity index (χ4v) is 0.286. The van der Waals surface area contributed by atoms with Gasteiger partial charge in [-0.3, -0.25) is 5.32 Å². The van der Waals surface area contributed by atoms with Crippen LogP contribution in [0.15, 0.2) is 0 Å². The van der Waals surface area contributed by atoms with E-state index in [1.165, 1.54) is 0 Å². The van der Waals surface area contributed by atoms with Crippen LogP contribution in [0.4, 0.5) is 0 Å². The van der Waals surface area contributed by atoms with Gasteiger partial charge < -0.3 is 9.47 Å². The molecule has 0 atom stereocenters. The lowest BCUT2D eigenvalue weighted by Crippen LogP contribution is -2.13. The molecular formula is C5H13NO2. The Hall–Kier alpha value is -0.120. The molecule has 0 saturated carbocycles. The zero-order chi connectivity index (χ0) is 6.24. The summed E-state index contributed by atoms with van der Waals surface area (Å²) in [7, 11) is 1.83. The van der Waals surface area contributed by atoms with E-state index in [0.29, 0.717) is 20.1 Å². The van der Waals surface area contributed by atoms with E-state index in [2.05, 4.69) is 5.32 Å². The first-order valence-corrected chi connectivity index (χ1v) is 2.72. The maximum atomic E-state index is 4.89. The van der Waals surface area contributed by atoms with Crippen molar-refractivity contribution in [3.63, 3.8) is 0 Å². The van der Waals surface area contributed by atoms with Crippen LogP contribution < -0.4 is 5.32 Å². The number of hydrogen-bond acceptors (Lipinski definition) is 3. The van der Waals surface area contributed by atoms with Crippen molar-refractivity contribution in [2.24, 2.45) is 0 Å². The molecule has 0 aromatic carbocycles. The highest BCUT2D eigenvalue weighted by Gasteiger charge is 1.79. The third-order valence-electron chi connectivity index (χ3n) is 0.617. The van der Waals surface area contributed by atoms with Gasteiger partial charge in [0.15, 0.2) is 0 Å². The van der Waals surface area contributed by atoms with Crippen molar-refractivity contribution in [3.8, 4) is 0 Å². The first kappa shape index (κ1) is 7.88. The van der Waals surface area contributed by atoms with Crippen LogP contribution in [0.2, 0.25) is 0 Å². The molecule has 3 heteroatoms. The largest absolute Gasteiger partial charge is 0.356 e. The molecule has 0 spiro atoms. The standard InChI is InChI=1S/C5H13NO2/c1-3-7-5-8-4-6-2/h6H,3-5H2,1-2H3. The van der Waals surface area contributed by atoms with Gasteiger partial charge in [0.05, 0.1) is 6.73 Å². The van der Waals surface area contributed by atoms with Crippen LogP contribution in [-0.4, -0.2) is 27.2 Å². The van der Waals surface area contributed by atoms with Crippen LogP contribution in [-0.2, 0) is 9.47 Å². The topological polar surface area (TPSA) is 30.5 Å². The van der Waals surface area contributed by atoms with Crippen LogP contribution in [0, 0.1) is 0 Å². The van der Waals surface area contributed by atoms with Crippen LogP contribution in [0.1, 0.15) is 6.92 Å². The number of nitrogens with one attached hydrogen (secondary N) is 1. The molecular weight excluding hydrogens is 106 g/mol. The molecule has 0 saturated heterocycles. The molecule has 0 rings (SSSR count). The summed E-state index contributed by atoms with van der Waals surface area (Å²) in [4.78, 5) is 0. The van der Waals surface area contributed by atoms with Gasteiger partial charge in [0, 0.05) is 6.61 Å². The minimum absolute atomic E-state index is 0.386. The molecule has 3 nitrogen and oxygen atoms in total. The van der Waals surface area contributed by atoms with Gasteiger partial charge in [-0.15, -0.1) is 0 Å². The molecule has 0 aliphatic carbocycles. The van der Waals surface area contributed by atoms with E-state index in [-0.39, 0.29) is 0 Å². The first-order chi connectivity index (χ1) is 3.91. The van der Waals surface area contributed by atoms with Crippen LogP contribution in [0.5, 0.6) is 0 Å². The Morgan fingerprint density at radius 3 is 2.62 bits per heavy atom. The Kier molecular flexibility index (Phi) is 6.78. The average molecular weight is 119 g/mol. The fraction of sp³-hybridized carbons (Fsp3) is 1.00. The number of hydrogen-bond donors (Lipinski definition) is 1. The molecule has 50 valence electrons. The lowest BCUT2D eigenvalue weighted by Gasteiger charge is -2.00. The maximum Gasteiger partial charge on any atom is 0.148 e. The summed E-state index contributed by atoms with van der Waals surface area (Å²) in [6.07, 6.45) is 0. The predicted molar refractivity (Wildman–Crippen MR) is 31.5 cm³/mol. The summed E-state index contributed by atoms with van der Waals surface area (Å²) in [5.41, 5.74) is 0. The monoisotopic (exact) mass is 119 g/mol. The summed E-state index contributed by atoms with van der Waals surface area (Å²) in [5.74, 6) is 0. The second-order valence-corrected chi connectivity index (χ2v) is 1.31. The van der Waals surface area contributed by atoms with E-state index in [1.807, 2.05) is 14.0 Å². The van der Waals surface area contributed by atoms with Gasteiger partial charge in [0.1, 0.15) is 6.79 Å². The Morgan fingerprint density at radius 1 is 1.38 bits per heavy atom. The van der Waals surface area contributed by atoms with Crippen LogP contribution in [0.3, 0.4) is 0 Å². The van der Waals surface area contributed by atoms with E-state index >= 15 is 0 Å². The van der Waals surface area contributed by atoms with Gasteiger partial charge in [-0.2, -0.15) is 0 Å². The van der Waals surface area contributed by atoms with Gasteiger partial charge in [0.25, 0.3) is 0 Å². The Labute approximate surface area is 50.0 Å². The zero-order valence-electron chi connectivity index (χ0n) is 5.44. The fourth-order valence-electron chi connectivity index (χ4n) is 0.286. The quantitative estimate of drug-likeness (QED) is 0.413. The second-order valence-electron chi connectivity index (χ2n) is 1.31.